The summed E-state index contributed by atoms with van der Waals surface area (Å²) in [4.78, 5) is 4.20. The molecule has 0 aliphatic carbocycles. The Hall–Kier alpha value is -1.92. The highest BCUT2D eigenvalue weighted by molar-refractivity contribution is 5.28. The van der Waals surface area contributed by atoms with Crippen LogP contribution in [0.15, 0.2) is 30.6 Å². The van der Waals surface area contributed by atoms with Crippen LogP contribution in [0, 0.1) is 0 Å². The summed E-state index contributed by atoms with van der Waals surface area (Å²) in [5.74, 6) is 1.67. The van der Waals surface area contributed by atoms with Gasteiger partial charge in [-0.2, -0.15) is 5.10 Å². The van der Waals surface area contributed by atoms with Crippen LogP contribution in [-0.2, 0) is 24.4 Å². The van der Waals surface area contributed by atoms with Crippen molar-refractivity contribution in [1.82, 2.24) is 20.1 Å². The van der Waals surface area contributed by atoms with Crippen LogP contribution >= 0.6 is 0 Å². The van der Waals surface area contributed by atoms with Crippen molar-refractivity contribution in [2.24, 2.45) is 0 Å². The number of hydrogen-bond acceptors (Lipinski definition) is 5. The first kappa shape index (κ1) is 15.5. The Morgan fingerprint density at radius 3 is 3.05 bits per heavy atom. The van der Waals surface area contributed by atoms with E-state index in [1.807, 2.05) is 29.8 Å². The molecule has 0 aliphatic rings. The van der Waals surface area contributed by atoms with Gasteiger partial charge in [-0.25, -0.2) is 9.67 Å². The van der Waals surface area contributed by atoms with E-state index in [0.29, 0.717) is 13.2 Å². The number of benzene rings is 1. The van der Waals surface area contributed by atoms with Gasteiger partial charge in [-0.1, -0.05) is 12.1 Å². The van der Waals surface area contributed by atoms with Crippen LogP contribution in [0.1, 0.15) is 18.3 Å². The molecule has 2 rings (SSSR count). The van der Waals surface area contributed by atoms with Crippen LogP contribution in [-0.4, -0.2) is 35.0 Å². The molecule has 0 aliphatic heterocycles. The Morgan fingerprint density at radius 2 is 2.24 bits per heavy atom. The summed E-state index contributed by atoms with van der Waals surface area (Å²) in [7, 11) is 1.70. The second-order valence-electron chi connectivity index (χ2n) is 4.60. The normalized spacial score (nSPS) is 10.8. The molecule has 0 saturated heterocycles. The number of ether oxygens (including phenoxy) is 2. The fourth-order valence-corrected chi connectivity index (χ4v) is 1.96. The Bertz CT molecular complexity index is 542. The van der Waals surface area contributed by atoms with Gasteiger partial charge < -0.3 is 14.8 Å². The summed E-state index contributed by atoms with van der Waals surface area (Å²) in [6.45, 7) is 5.59. The molecule has 6 nitrogen and oxygen atoms in total. The van der Waals surface area contributed by atoms with Gasteiger partial charge in [0.25, 0.3) is 0 Å². The molecule has 0 radical (unpaired) electrons. The van der Waals surface area contributed by atoms with Crippen molar-refractivity contribution in [3.05, 3.63) is 42.0 Å². The minimum Gasteiger partial charge on any atom is -0.486 e. The van der Waals surface area contributed by atoms with Crippen molar-refractivity contribution in [1.29, 1.82) is 0 Å². The van der Waals surface area contributed by atoms with Crippen molar-refractivity contribution >= 4 is 0 Å². The van der Waals surface area contributed by atoms with E-state index in [4.69, 9.17) is 9.47 Å². The second kappa shape index (κ2) is 8.39. The van der Waals surface area contributed by atoms with Crippen molar-refractivity contribution in [3.63, 3.8) is 0 Å². The van der Waals surface area contributed by atoms with Gasteiger partial charge in [0, 0.05) is 26.7 Å². The molecule has 0 bridgehead atoms. The maximum absolute atomic E-state index is 5.79. The molecule has 6 heteroatoms. The number of nitrogens with one attached hydrogen (secondary N) is 1. The number of aromatic nitrogens is 3. The van der Waals surface area contributed by atoms with E-state index < -0.39 is 0 Å². The monoisotopic (exact) mass is 290 g/mol. The lowest BCUT2D eigenvalue weighted by molar-refractivity contribution is 0.199. The number of nitrogens with zero attached hydrogens (tertiary/aromatic N) is 3. The Labute approximate surface area is 125 Å². The lowest BCUT2D eigenvalue weighted by atomic mass is 10.2. The summed E-state index contributed by atoms with van der Waals surface area (Å²) < 4.78 is 12.6. The van der Waals surface area contributed by atoms with Crippen LogP contribution in [0.4, 0.5) is 0 Å². The minimum atomic E-state index is 0.425. The van der Waals surface area contributed by atoms with Crippen LogP contribution in [0.2, 0.25) is 0 Å². The lowest BCUT2D eigenvalue weighted by Gasteiger charge is -2.09. The zero-order chi connectivity index (χ0) is 14.9. The smallest absolute Gasteiger partial charge is 0.164 e. The zero-order valence-electron chi connectivity index (χ0n) is 12.6. The fourth-order valence-electron chi connectivity index (χ4n) is 1.96. The highest BCUT2D eigenvalue weighted by Gasteiger charge is 2.04. The number of methoxy groups -OCH3 is 1. The summed E-state index contributed by atoms with van der Waals surface area (Å²) >= 11 is 0. The van der Waals surface area contributed by atoms with Gasteiger partial charge in [-0.3, -0.25) is 0 Å². The summed E-state index contributed by atoms with van der Waals surface area (Å²) in [6.07, 6.45) is 1.55. The number of hydrogen-bond donors (Lipinski definition) is 1. The lowest BCUT2D eigenvalue weighted by Crippen LogP contribution is -2.18. The quantitative estimate of drug-likeness (QED) is 0.711. The SMILES string of the molecule is CCn1ncnc1COc1cccc(CNCCOC)c1. The molecule has 1 aromatic carbocycles. The number of aryl methyl sites for hydroxylation is 1. The summed E-state index contributed by atoms with van der Waals surface area (Å²) in [5.41, 5.74) is 1.18. The molecule has 1 N–H and O–H groups in total. The summed E-state index contributed by atoms with van der Waals surface area (Å²) in [6, 6.07) is 8.05. The Balaban J connectivity index is 1.86. The highest BCUT2D eigenvalue weighted by atomic mass is 16.5. The van der Waals surface area contributed by atoms with E-state index in [1.54, 1.807) is 13.4 Å². The molecule has 0 spiro atoms. The van der Waals surface area contributed by atoms with Crippen LogP contribution in [0.25, 0.3) is 0 Å². The molecular formula is C15H22N4O2. The predicted molar refractivity (Wildman–Crippen MR) is 80.1 cm³/mol. The molecule has 0 saturated carbocycles. The van der Waals surface area contributed by atoms with Crippen molar-refractivity contribution < 1.29 is 9.47 Å². The average Bonchev–Trinajstić information content (AvgIpc) is 2.97. The second-order valence-corrected chi connectivity index (χ2v) is 4.60. The molecule has 0 atom stereocenters. The standard InChI is InChI=1S/C15H22N4O2/c1-3-19-15(17-12-18-19)11-21-14-6-4-5-13(9-14)10-16-7-8-20-2/h4-6,9,12,16H,3,7-8,10-11H2,1-2H3. The minimum absolute atomic E-state index is 0.425. The topological polar surface area (TPSA) is 61.2 Å². The molecule has 0 fully saturated rings. The maximum atomic E-state index is 5.79. The Kier molecular flexibility index (Phi) is 6.18. The molecule has 21 heavy (non-hydrogen) atoms. The third-order valence-electron chi connectivity index (χ3n) is 3.07. The van der Waals surface area contributed by atoms with Crippen LogP contribution < -0.4 is 10.1 Å². The largest absolute Gasteiger partial charge is 0.486 e. The van der Waals surface area contributed by atoms with E-state index in [2.05, 4.69) is 21.5 Å². The van der Waals surface area contributed by atoms with Crippen LogP contribution in [0.3, 0.4) is 0 Å². The first-order valence-electron chi connectivity index (χ1n) is 7.11. The molecule has 1 heterocycles. The Morgan fingerprint density at radius 1 is 1.33 bits per heavy atom. The van der Waals surface area contributed by atoms with Gasteiger partial charge in [0.15, 0.2) is 5.82 Å². The third kappa shape index (κ3) is 4.84. The van der Waals surface area contributed by atoms with Gasteiger partial charge in [-0.15, -0.1) is 0 Å². The predicted octanol–water partition coefficient (Wildman–Crippen LogP) is 1.61. The van der Waals surface area contributed by atoms with Gasteiger partial charge >= 0.3 is 0 Å². The van der Waals surface area contributed by atoms with Gasteiger partial charge in [0.05, 0.1) is 6.61 Å². The molecule has 0 amide bonds. The van der Waals surface area contributed by atoms with E-state index in [-0.39, 0.29) is 0 Å². The van der Waals surface area contributed by atoms with Crippen LogP contribution in [0.5, 0.6) is 5.75 Å². The van der Waals surface area contributed by atoms with E-state index >= 15 is 0 Å². The van der Waals surface area contributed by atoms with E-state index in [9.17, 15) is 0 Å². The fraction of sp³-hybridized carbons (Fsp3) is 0.467. The number of rotatable bonds is 9. The average molecular weight is 290 g/mol. The van der Waals surface area contributed by atoms with Crippen molar-refractivity contribution in [2.45, 2.75) is 26.6 Å². The third-order valence-corrected chi connectivity index (χ3v) is 3.07. The van der Waals surface area contributed by atoms with Crippen molar-refractivity contribution in [2.75, 3.05) is 20.3 Å². The molecular weight excluding hydrogens is 268 g/mol. The van der Waals surface area contributed by atoms with Crippen molar-refractivity contribution in [3.8, 4) is 5.75 Å². The summed E-state index contributed by atoms with van der Waals surface area (Å²) in [5, 5.41) is 7.44. The molecule has 2 aromatic rings. The van der Waals surface area contributed by atoms with E-state index in [0.717, 1.165) is 31.2 Å². The van der Waals surface area contributed by atoms with E-state index in [1.165, 1.54) is 5.56 Å². The zero-order valence-corrected chi connectivity index (χ0v) is 12.6. The maximum Gasteiger partial charge on any atom is 0.164 e. The molecule has 1 aromatic heterocycles. The first-order valence-corrected chi connectivity index (χ1v) is 7.11. The molecule has 0 unspecified atom stereocenters. The first-order chi connectivity index (χ1) is 10.3. The van der Waals surface area contributed by atoms with Gasteiger partial charge in [0.1, 0.15) is 18.7 Å². The van der Waals surface area contributed by atoms with Gasteiger partial charge in [0.2, 0.25) is 0 Å². The van der Waals surface area contributed by atoms with Gasteiger partial charge in [-0.05, 0) is 24.6 Å². The molecule has 114 valence electrons. The highest BCUT2D eigenvalue weighted by Crippen LogP contribution is 2.14.